The van der Waals surface area contributed by atoms with Gasteiger partial charge in [0, 0.05) is 32.0 Å². The van der Waals surface area contributed by atoms with E-state index < -0.39 is 0 Å². The molecule has 0 spiro atoms. The summed E-state index contributed by atoms with van der Waals surface area (Å²) in [5.41, 5.74) is 1.40. The largest absolute Gasteiger partial charge is 0.385 e. The van der Waals surface area contributed by atoms with Gasteiger partial charge in [0.05, 0.1) is 11.6 Å². The molecule has 118 valence electrons. The predicted octanol–water partition coefficient (Wildman–Crippen LogP) is 2.05. The average molecular weight is 311 g/mol. The Bertz CT molecular complexity index is 694. The lowest BCUT2D eigenvalue weighted by atomic mass is 10.2. The number of aromatic nitrogens is 2. The zero-order valence-corrected chi connectivity index (χ0v) is 12.7. The van der Waals surface area contributed by atoms with Crippen LogP contribution >= 0.6 is 0 Å². The standard InChI is InChI=1S/C16H17N5O2/c1-23-8-2-7-18-15-9-14(19-11-20-15)16(22)21-13-5-3-12(10-17)4-6-13/h3-6,9,11H,2,7-8H2,1H3,(H,21,22)(H,18,19,20). The molecular weight excluding hydrogens is 294 g/mol. The molecule has 0 saturated heterocycles. The van der Waals surface area contributed by atoms with Crippen molar-refractivity contribution in [2.75, 3.05) is 30.9 Å². The number of carbonyl (C=O) groups excluding carboxylic acids is 1. The predicted molar refractivity (Wildman–Crippen MR) is 86.1 cm³/mol. The van der Waals surface area contributed by atoms with E-state index in [9.17, 15) is 4.79 Å². The van der Waals surface area contributed by atoms with Gasteiger partial charge < -0.3 is 15.4 Å². The molecule has 0 aliphatic carbocycles. The van der Waals surface area contributed by atoms with Crippen LogP contribution in [0.2, 0.25) is 0 Å². The smallest absolute Gasteiger partial charge is 0.274 e. The molecule has 7 nitrogen and oxygen atoms in total. The Hall–Kier alpha value is -2.98. The Morgan fingerprint density at radius 1 is 1.30 bits per heavy atom. The molecule has 0 unspecified atom stereocenters. The first kappa shape index (κ1) is 16.4. The Labute approximate surface area is 134 Å². The molecule has 0 bridgehead atoms. The van der Waals surface area contributed by atoms with Crippen molar-refractivity contribution in [1.29, 1.82) is 5.26 Å². The van der Waals surface area contributed by atoms with E-state index in [1.165, 1.54) is 6.33 Å². The summed E-state index contributed by atoms with van der Waals surface area (Å²) in [5.74, 6) is 0.248. The molecule has 0 aliphatic rings. The minimum atomic E-state index is -0.336. The van der Waals surface area contributed by atoms with Gasteiger partial charge in [-0.25, -0.2) is 9.97 Å². The van der Waals surface area contributed by atoms with E-state index in [4.69, 9.17) is 10.00 Å². The van der Waals surface area contributed by atoms with Gasteiger partial charge in [0.15, 0.2) is 0 Å². The van der Waals surface area contributed by atoms with Crippen LogP contribution < -0.4 is 10.6 Å². The molecule has 0 saturated carbocycles. The van der Waals surface area contributed by atoms with Gasteiger partial charge >= 0.3 is 0 Å². The van der Waals surface area contributed by atoms with Gasteiger partial charge in [-0.05, 0) is 30.7 Å². The van der Waals surface area contributed by atoms with Crippen molar-refractivity contribution in [3.63, 3.8) is 0 Å². The van der Waals surface area contributed by atoms with E-state index in [-0.39, 0.29) is 11.6 Å². The number of carbonyl (C=O) groups is 1. The van der Waals surface area contributed by atoms with Gasteiger partial charge in [-0.1, -0.05) is 0 Å². The SMILES string of the molecule is COCCCNc1cc(C(=O)Nc2ccc(C#N)cc2)ncn1. The second kappa shape index (κ2) is 8.46. The van der Waals surface area contributed by atoms with Crippen molar-refractivity contribution >= 4 is 17.4 Å². The molecule has 1 heterocycles. The van der Waals surface area contributed by atoms with Crippen LogP contribution in [0.25, 0.3) is 0 Å². The lowest BCUT2D eigenvalue weighted by Gasteiger charge is -2.07. The lowest BCUT2D eigenvalue weighted by molar-refractivity contribution is 0.102. The normalized spacial score (nSPS) is 9.91. The van der Waals surface area contributed by atoms with Crippen LogP contribution in [0.15, 0.2) is 36.7 Å². The number of amides is 1. The third kappa shape index (κ3) is 5.05. The first-order chi connectivity index (χ1) is 11.2. The van der Waals surface area contributed by atoms with Crippen LogP contribution in [0.1, 0.15) is 22.5 Å². The molecule has 7 heteroatoms. The Morgan fingerprint density at radius 2 is 2.09 bits per heavy atom. The highest BCUT2D eigenvalue weighted by molar-refractivity contribution is 6.03. The maximum Gasteiger partial charge on any atom is 0.274 e. The molecule has 0 atom stereocenters. The molecule has 0 radical (unpaired) electrons. The van der Waals surface area contributed by atoms with E-state index in [2.05, 4.69) is 20.6 Å². The maximum atomic E-state index is 12.2. The van der Waals surface area contributed by atoms with Crippen molar-refractivity contribution in [2.45, 2.75) is 6.42 Å². The van der Waals surface area contributed by atoms with Gasteiger partial charge in [-0.15, -0.1) is 0 Å². The number of ether oxygens (including phenoxy) is 1. The summed E-state index contributed by atoms with van der Waals surface area (Å²) in [6.07, 6.45) is 2.18. The summed E-state index contributed by atoms with van der Waals surface area (Å²) >= 11 is 0. The highest BCUT2D eigenvalue weighted by atomic mass is 16.5. The summed E-state index contributed by atoms with van der Waals surface area (Å²) in [6.45, 7) is 1.35. The Kier molecular flexibility index (Phi) is 6.03. The Balaban J connectivity index is 1.97. The third-order valence-electron chi connectivity index (χ3n) is 3.00. The van der Waals surface area contributed by atoms with Gasteiger partial charge in [0.2, 0.25) is 0 Å². The zero-order valence-electron chi connectivity index (χ0n) is 12.7. The number of methoxy groups -OCH3 is 1. The van der Waals surface area contributed by atoms with E-state index in [0.717, 1.165) is 6.42 Å². The fourth-order valence-corrected chi connectivity index (χ4v) is 1.83. The minimum absolute atomic E-state index is 0.263. The minimum Gasteiger partial charge on any atom is -0.385 e. The van der Waals surface area contributed by atoms with Gasteiger partial charge in [-0.2, -0.15) is 5.26 Å². The third-order valence-corrected chi connectivity index (χ3v) is 3.00. The molecule has 2 aromatic rings. The number of rotatable bonds is 7. The number of anilines is 2. The van der Waals surface area contributed by atoms with Crippen LogP contribution in [-0.2, 0) is 4.74 Å². The van der Waals surface area contributed by atoms with Crippen LogP contribution in [0.5, 0.6) is 0 Å². The number of nitrogens with zero attached hydrogens (tertiary/aromatic N) is 3. The number of hydrogen-bond donors (Lipinski definition) is 2. The topological polar surface area (TPSA) is 99.9 Å². The second-order valence-corrected chi connectivity index (χ2v) is 4.70. The van der Waals surface area contributed by atoms with Crippen molar-refractivity contribution < 1.29 is 9.53 Å². The highest BCUT2D eigenvalue weighted by Crippen LogP contribution is 2.11. The molecule has 2 N–H and O–H groups in total. The summed E-state index contributed by atoms with van der Waals surface area (Å²) in [5, 5.41) is 14.6. The Morgan fingerprint density at radius 3 is 2.78 bits per heavy atom. The van der Waals surface area contributed by atoms with Crippen molar-refractivity contribution in [2.24, 2.45) is 0 Å². The average Bonchev–Trinajstić information content (AvgIpc) is 2.60. The van der Waals surface area contributed by atoms with Crippen LogP contribution in [0, 0.1) is 11.3 Å². The van der Waals surface area contributed by atoms with Crippen molar-refractivity contribution in [1.82, 2.24) is 9.97 Å². The number of benzene rings is 1. The van der Waals surface area contributed by atoms with E-state index in [1.807, 2.05) is 6.07 Å². The van der Waals surface area contributed by atoms with Gasteiger partial charge in [-0.3, -0.25) is 4.79 Å². The highest BCUT2D eigenvalue weighted by Gasteiger charge is 2.09. The van der Waals surface area contributed by atoms with Crippen LogP contribution in [0.4, 0.5) is 11.5 Å². The fraction of sp³-hybridized carbons (Fsp3) is 0.250. The van der Waals surface area contributed by atoms with Crippen LogP contribution in [0.3, 0.4) is 0 Å². The molecule has 2 rings (SSSR count). The van der Waals surface area contributed by atoms with Gasteiger partial charge in [0.25, 0.3) is 5.91 Å². The van der Waals surface area contributed by atoms with E-state index >= 15 is 0 Å². The molecule has 0 fully saturated rings. The molecule has 1 aromatic carbocycles. The quantitative estimate of drug-likeness (QED) is 0.759. The van der Waals surface area contributed by atoms with E-state index in [1.54, 1.807) is 37.4 Å². The van der Waals surface area contributed by atoms with Crippen molar-refractivity contribution in [3.05, 3.63) is 47.9 Å². The maximum absolute atomic E-state index is 12.2. The van der Waals surface area contributed by atoms with Crippen molar-refractivity contribution in [3.8, 4) is 6.07 Å². The summed E-state index contributed by atoms with van der Waals surface area (Å²) in [4.78, 5) is 20.2. The first-order valence-electron chi connectivity index (χ1n) is 7.09. The molecule has 0 aliphatic heterocycles. The summed E-state index contributed by atoms with van der Waals surface area (Å²) in [7, 11) is 1.65. The zero-order chi connectivity index (χ0) is 16.5. The first-order valence-corrected chi connectivity index (χ1v) is 7.09. The molecular formula is C16H17N5O2. The molecule has 23 heavy (non-hydrogen) atoms. The lowest BCUT2D eigenvalue weighted by Crippen LogP contribution is -2.15. The van der Waals surface area contributed by atoms with Gasteiger partial charge in [0.1, 0.15) is 17.8 Å². The number of nitriles is 1. The van der Waals surface area contributed by atoms with E-state index in [0.29, 0.717) is 30.2 Å². The number of hydrogen-bond acceptors (Lipinski definition) is 6. The summed E-state index contributed by atoms with van der Waals surface area (Å²) < 4.78 is 4.97. The summed E-state index contributed by atoms with van der Waals surface area (Å²) in [6, 6.07) is 10.2. The van der Waals surface area contributed by atoms with Crippen LogP contribution in [-0.4, -0.2) is 36.1 Å². The number of nitrogens with one attached hydrogen (secondary N) is 2. The molecule has 1 aromatic heterocycles. The second-order valence-electron chi connectivity index (χ2n) is 4.70. The fourth-order valence-electron chi connectivity index (χ4n) is 1.83. The monoisotopic (exact) mass is 311 g/mol. The molecule has 1 amide bonds.